The highest BCUT2D eigenvalue weighted by atomic mass is 19.4. The van der Waals surface area contributed by atoms with Crippen molar-refractivity contribution in [3.05, 3.63) is 47.7 Å². The molecular weight excluding hydrogens is 499 g/mol. The number of alkyl halides is 3. The van der Waals surface area contributed by atoms with Crippen LogP contribution in [0.25, 0.3) is 11.1 Å². The number of carbonyl (C=O) groups excluding carboxylic acids is 1. The van der Waals surface area contributed by atoms with Gasteiger partial charge in [-0.15, -0.1) is 0 Å². The van der Waals surface area contributed by atoms with E-state index < -0.39 is 11.7 Å². The summed E-state index contributed by atoms with van der Waals surface area (Å²) in [6, 6.07) is 7.16. The number of hydrogen-bond acceptors (Lipinski definition) is 7. The predicted octanol–water partition coefficient (Wildman–Crippen LogP) is 4.97. The first-order valence-electron chi connectivity index (χ1n) is 12.4. The van der Waals surface area contributed by atoms with Crippen molar-refractivity contribution in [2.45, 2.75) is 38.4 Å². The molecule has 9 nitrogen and oxygen atoms in total. The largest absolute Gasteiger partial charge is 0.417 e. The Morgan fingerprint density at radius 3 is 2.71 bits per heavy atom. The van der Waals surface area contributed by atoms with E-state index in [1.165, 1.54) is 17.2 Å². The number of aromatic amines is 1. The number of ether oxygens (including phenoxy) is 1. The van der Waals surface area contributed by atoms with Crippen LogP contribution in [0.5, 0.6) is 0 Å². The molecule has 2 fully saturated rings. The zero-order valence-corrected chi connectivity index (χ0v) is 20.8. The Balaban J connectivity index is 1.69. The fraction of sp³-hybridized carbons (Fsp3) is 0.385. The highest BCUT2D eigenvalue weighted by molar-refractivity contribution is 5.98. The smallest absolute Gasteiger partial charge is 0.377 e. The quantitative estimate of drug-likeness (QED) is 0.391. The lowest BCUT2D eigenvalue weighted by molar-refractivity contribution is -0.137. The molecule has 38 heavy (non-hydrogen) atoms. The number of nitrogens with one attached hydrogen (secondary N) is 3. The van der Waals surface area contributed by atoms with Gasteiger partial charge in [-0.3, -0.25) is 9.89 Å². The maximum absolute atomic E-state index is 14.5. The molecule has 0 bridgehead atoms. The second-order valence-corrected chi connectivity index (χ2v) is 9.38. The molecule has 200 valence electrons. The van der Waals surface area contributed by atoms with Gasteiger partial charge in [0, 0.05) is 43.0 Å². The molecule has 0 radical (unpaired) electrons. The van der Waals surface area contributed by atoms with Crippen LogP contribution in [0.3, 0.4) is 0 Å². The average Bonchev–Trinajstić information content (AvgIpc) is 3.41. The number of pyridine rings is 1. The van der Waals surface area contributed by atoms with E-state index in [0.717, 1.165) is 25.1 Å². The summed E-state index contributed by atoms with van der Waals surface area (Å²) in [4.78, 5) is 20.5. The van der Waals surface area contributed by atoms with Crippen molar-refractivity contribution in [3.8, 4) is 11.1 Å². The van der Waals surface area contributed by atoms with Gasteiger partial charge in [0.05, 0.1) is 31.0 Å². The third-order valence-electron chi connectivity index (χ3n) is 6.84. The number of piperidine rings is 1. The maximum Gasteiger partial charge on any atom is 0.417 e. The molecular formula is C26H28F3N7O2. The summed E-state index contributed by atoms with van der Waals surface area (Å²) in [6.07, 6.45) is -0.389. The molecule has 2 saturated heterocycles. The summed E-state index contributed by atoms with van der Waals surface area (Å²) >= 11 is 0. The van der Waals surface area contributed by atoms with E-state index in [9.17, 15) is 18.0 Å². The number of rotatable bonds is 6. The highest BCUT2D eigenvalue weighted by Gasteiger charge is 2.36. The molecule has 12 heteroatoms. The van der Waals surface area contributed by atoms with E-state index in [1.54, 1.807) is 18.2 Å². The van der Waals surface area contributed by atoms with Crippen molar-refractivity contribution in [2.75, 3.05) is 41.4 Å². The van der Waals surface area contributed by atoms with E-state index in [4.69, 9.17) is 15.1 Å². The van der Waals surface area contributed by atoms with Crippen LogP contribution < -0.4 is 15.1 Å². The van der Waals surface area contributed by atoms with Crippen LogP contribution in [-0.2, 0) is 15.7 Å². The molecule has 3 aromatic rings. The van der Waals surface area contributed by atoms with Gasteiger partial charge in [-0.25, -0.2) is 4.98 Å². The summed E-state index contributed by atoms with van der Waals surface area (Å²) in [5.41, 5.74) is -0.363. The summed E-state index contributed by atoms with van der Waals surface area (Å²) in [5.74, 6) is 0.982. The number of anilines is 4. The Labute approximate surface area is 217 Å². The summed E-state index contributed by atoms with van der Waals surface area (Å²) < 4.78 is 49.1. The molecule has 0 unspecified atom stereocenters. The van der Waals surface area contributed by atoms with Gasteiger partial charge in [0.25, 0.3) is 0 Å². The zero-order chi connectivity index (χ0) is 26.9. The van der Waals surface area contributed by atoms with E-state index in [2.05, 4.69) is 15.5 Å². The molecule has 1 amide bonds. The van der Waals surface area contributed by atoms with Crippen molar-refractivity contribution < 1.29 is 22.7 Å². The van der Waals surface area contributed by atoms with Crippen LogP contribution in [0, 0.1) is 5.41 Å². The first-order valence-corrected chi connectivity index (χ1v) is 12.4. The third-order valence-corrected chi connectivity index (χ3v) is 6.84. The van der Waals surface area contributed by atoms with Gasteiger partial charge in [0.15, 0.2) is 0 Å². The molecule has 0 aliphatic carbocycles. The Hall–Kier alpha value is -3.93. The molecule has 2 aliphatic rings. The minimum atomic E-state index is -4.70. The lowest BCUT2D eigenvalue weighted by Crippen LogP contribution is -2.44. The molecule has 5 rings (SSSR count). The number of nitrogens with zero attached hydrogens (tertiary/aromatic N) is 4. The Bertz CT molecular complexity index is 1330. The van der Waals surface area contributed by atoms with Crippen LogP contribution in [0.15, 0.2) is 36.5 Å². The zero-order valence-electron chi connectivity index (χ0n) is 20.8. The van der Waals surface area contributed by atoms with Crippen LogP contribution >= 0.6 is 0 Å². The van der Waals surface area contributed by atoms with Gasteiger partial charge < -0.3 is 25.3 Å². The molecule has 4 heterocycles. The molecule has 0 saturated carbocycles. The topological polar surface area (TPSA) is 110 Å². The highest BCUT2D eigenvalue weighted by Crippen LogP contribution is 2.43. The van der Waals surface area contributed by atoms with Gasteiger partial charge in [-0.1, -0.05) is 6.07 Å². The molecule has 3 N–H and O–H groups in total. The van der Waals surface area contributed by atoms with Crippen LogP contribution in [-0.4, -0.2) is 59.6 Å². The maximum atomic E-state index is 14.5. The van der Waals surface area contributed by atoms with Gasteiger partial charge in [0.1, 0.15) is 17.5 Å². The van der Waals surface area contributed by atoms with Crippen molar-refractivity contribution in [1.82, 2.24) is 15.2 Å². The minimum Gasteiger partial charge on any atom is -0.377 e. The van der Waals surface area contributed by atoms with E-state index in [0.29, 0.717) is 44.4 Å². The molecule has 2 aliphatic heterocycles. The second kappa shape index (κ2) is 10.4. The summed E-state index contributed by atoms with van der Waals surface area (Å²) in [5, 5.41) is 17.8. The number of amides is 1. The van der Waals surface area contributed by atoms with Crippen LogP contribution in [0.4, 0.5) is 36.3 Å². The first-order chi connectivity index (χ1) is 18.3. The van der Waals surface area contributed by atoms with Gasteiger partial charge in [-0.05, 0) is 49.1 Å². The van der Waals surface area contributed by atoms with Crippen molar-refractivity contribution in [2.24, 2.45) is 0 Å². The molecule has 2 aromatic heterocycles. The van der Waals surface area contributed by atoms with E-state index in [-0.39, 0.29) is 40.1 Å². The Kier molecular flexibility index (Phi) is 7.06. The number of benzene rings is 1. The lowest BCUT2D eigenvalue weighted by atomic mass is 9.94. The predicted molar refractivity (Wildman–Crippen MR) is 138 cm³/mol. The van der Waals surface area contributed by atoms with Crippen molar-refractivity contribution in [1.29, 1.82) is 5.41 Å². The third kappa shape index (κ3) is 5.08. The molecule has 0 spiro atoms. The monoisotopic (exact) mass is 527 g/mol. The number of halogens is 3. The first kappa shape index (κ1) is 25.7. The average molecular weight is 528 g/mol. The van der Waals surface area contributed by atoms with Gasteiger partial charge >= 0.3 is 6.18 Å². The fourth-order valence-electron chi connectivity index (χ4n) is 4.92. The number of hydrogen-bond donors (Lipinski definition) is 3. The minimum absolute atomic E-state index is 0.0514. The Morgan fingerprint density at radius 2 is 2.03 bits per heavy atom. The van der Waals surface area contributed by atoms with E-state index >= 15 is 0 Å². The Morgan fingerprint density at radius 1 is 1.18 bits per heavy atom. The number of carbonyl (C=O) groups is 1. The number of aromatic nitrogens is 3. The SMILES string of the molecule is C[C@@H]1COCCN1c1cc(-c2ccc(N3CCCCC3=O)cc2C(F)(F)F)c(C=N)c(Nc2ccn[nH]2)n1. The van der Waals surface area contributed by atoms with Crippen molar-refractivity contribution >= 4 is 35.3 Å². The van der Waals surface area contributed by atoms with Gasteiger partial charge in [-0.2, -0.15) is 18.3 Å². The van der Waals surface area contributed by atoms with Crippen LogP contribution in [0.2, 0.25) is 0 Å². The summed E-state index contributed by atoms with van der Waals surface area (Å²) in [7, 11) is 0. The number of morpholine rings is 1. The number of H-pyrrole nitrogens is 1. The van der Waals surface area contributed by atoms with E-state index in [1.807, 2.05) is 11.8 Å². The second-order valence-electron chi connectivity index (χ2n) is 9.38. The van der Waals surface area contributed by atoms with Crippen molar-refractivity contribution in [3.63, 3.8) is 0 Å². The summed E-state index contributed by atoms with van der Waals surface area (Å²) in [6.45, 7) is 3.78. The van der Waals surface area contributed by atoms with Crippen LogP contribution in [0.1, 0.15) is 37.3 Å². The lowest BCUT2D eigenvalue weighted by Gasteiger charge is -2.35. The molecule has 1 aromatic carbocycles. The van der Waals surface area contributed by atoms with Gasteiger partial charge in [0.2, 0.25) is 5.91 Å². The fourth-order valence-corrected chi connectivity index (χ4v) is 4.92. The molecule has 1 atom stereocenters. The standard InChI is InChI=1S/C26H28F3N7O2/c1-16-15-38-11-10-35(16)23-13-19(20(14-30)25(33-23)32-22-7-8-31-34-22)18-6-5-17(12-21(18)26(27,28)29)36-9-3-2-4-24(36)37/h5-8,12-14,16,30H,2-4,9-11,15H2,1H3,(H2,31,32,33,34)/t16-/m1/s1. The normalized spacial score (nSPS) is 18.5.